The second-order valence-electron chi connectivity index (χ2n) is 5.93. The summed E-state index contributed by atoms with van der Waals surface area (Å²) in [5.41, 5.74) is 1.23. The van der Waals surface area contributed by atoms with Gasteiger partial charge in [-0.05, 0) is 44.7 Å². The van der Waals surface area contributed by atoms with E-state index in [1.54, 1.807) is 24.3 Å². The highest BCUT2D eigenvalue weighted by Crippen LogP contribution is 2.10. The van der Waals surface area contributed by atoms with Crippen molar-refractivity contribution in [2.24, 2.45) is 0 Å². The molecule has 2 rings (SSSR count). The fraction of sp³-hybridized carbons (Fsp3) is 0.529. The predicted molar refractivity (Wildman–Crippen MR) is 87.1 cm³/mol. The van der Waals surface area contributed by atoms with Crippen molar-refractivity contribution in [2.75, 3.05) is 32.7 Å². The molecule has 1 N–H and O–H groups in total. The summed E-state index contributed by atoms with van der Waals surface area (Å²) >= 11 is 0. The minimum Gasteiger partial charge on any atom is -0.350 e. The molecule has 1 saturated heterocycles. The van der Waals surface area contributed by atoms with Crippen molar-refractivity contribution < 1.29 is 9.59 Å². The van der Waals surface area contributed by atoms with Gasteiger partial charge in [-0.15, -0.1) is 0 Å². The molecule has 0 unspecified atom stereocenters. The smallest absolute Gasteiger partial charge is 0.253 e. The molecule has 1 aromatic carbocycles. The van der Waals surface area contributed by atoms with Gasteiger partial charge in [0.15, 0.2) is 0 Å². The van der Waals surface area contributed by atoms with Crippen LogP contribution in [0.3, 0.4) is 0 Å². The Morgan fingerprint density at radius 1 is 1.05 bits per heavy atom. The average Bonchev–Trinajstić information content (AvgIpc) is 2.54. The Bertz CT molecular complexity index is 517. The molecule has 22 heavy (non-hydrogen) atoms. The van der Waals surface area contributed by atoms with Crippen molar-refractivity contribution in [3.8, 4) is 0 Å². The Balaban J connectivity index is 1.98. The lowest BCUT2D eigenvalue weighted by atomic mass is 10.1. The molecule has 0 aliphatic carbocycles. The molecular weight excluding hydrogens is 278 g/mol. The van der Waals surface area contributed by atoms with Crippen molar-refractivity contribution in [3.63, 3.8) is 0 Å². The second-order valence-corrected chi connectivity index (χ2v) is 5.93. The molecule has 0 spiro atoms. The predicted octanol–water partition coefficient (Wildman–Crippen LogP) is 1.60. The normalized spacial score (nSPS) is 15.9. The van der Waals surface area contributed by atoms with Gasteiger partial charge in [-0.25, -0.2) is 0 Å². The van der Waals surface area contributed by atoms with Crippen molar-refractivity contribution in [2.45, 2.75) is 26.8 Å². The van der Waals surface area contributed by atoms with Gasteiger partial charge in [-0.3, -0.25) is 9.59 Å². The van der Waals surface area contributed by atoms with Crippen LogP contribution in [0, 0.1) is 0 Å². The summed E-state index contributed by atoms with van der Waals surface area (Å²) in [5, 5.41) is 2.84. The van der Waals surface area contributed by atoms with Gasteiger partial charge >= 0.3 is 0 Å². The highest BCUT2D eigenvalue weighted by atomic mass is 16.2. The molecule has 1 aliphatic rings. The Kier molecular flexibility index (Phi) is 5.55. The minimum atomic E-state index is -0.106. The van der Waals surface area contributed by atoms with E-state index in [9.17, 15) is 9.59 Å². The van der Waals surface area contributed by atoms with Crippen LogP contribution in [0.25, 0.3) is 0 Å². The monoisotopic (exact) mass is 303 g/mol. The molecule has 2 amide bonds. The average molecular weight is 303 g/mol. The van der Waals surface area contributed by atoms with E-state index in [1.807, 2.05) is 18.7 Å². The summed E-state index contributed by atoms with van der Waals surface area (Å²) in [6.07, 6.45) is 0. The van der Waals surface area contributed by atoms with Gasteiger partial charge in [-0.2, -0.15) is 0 Å². The van der Waals surface area contributed by atoms with Crippen LogP contribution < -0.4 is 5.32 Å². The lowest BCUT2D eigenvalue weighted by molar-refractivity contribution is 0.0643. The first-order valence-corrected chi connectivity index (χ1v) is 7.93. The quantitative estimate of drug-likeness (QED) is 0.919. The molecule has 0 radical (unpaired) electrons. The van der Waals surface area contributed by atoms with Gasteiger partial charge in [0.25, 0.3) is 11.8 Å². The number of hydrogen-bond acceptors (Lipinski definition) is 3. The van der Waals surface area contributed by atoms with E-state index in [0.717, 1.165) is 32.7 Å². The lowest BCUT2D eigenvalue weighted by Crippen LogP contribution is -2.48. The topological polar surface area (TPSA) is 52.7 Å². The van der Waals surface area contributed by atoms with E-state index in [2.05, 4.69) is 17.1 Å². The number of benzene rings is 1. The standard InChI is InChI=1S/C17H25N3O2/c1-4-19-9-11-20(12-10-19)17(22)15-7-5-14(6-8-15)16(21)18-13(2)3/h5-8,13H,4,9-12H2,1-3H3,(H,18,21). The van der Waals surface area contributed by atoms with Crippen LogP contribution in [-0.2, 0) is 0 Å². The number of amides is 2. The summed E-state index contributed by atoms with van der Waals surface area (Å²) in [4.78, 5) is 28.6. The summed E-state index contributed by atoms with van der Waals surface area (Å²) in [5.74, 6) is -0.0582. The molecule has 5 heteroatoms. The number of carbonyl (C=O) groups is 2. The number of carbonyl (C=O) groups excluding carboxylic acids is 2. The van der Waals surface area contributed by atoms with Gasteiger partial charge in [-0.1, -0.05) is 6.92 Å². The number of rotatable bonds is 4. The third-order valence-electron chi connectivity index (χ3n) is 3.92. The zero-order valence-corrected chi connectivity index (χ0v) is 13.6. The molecule has 0 bridgehead atoms. The zero-order valence-electron chi connectivity index (χ0n) is 13.6. The van der Waals surface area contributed by atoms with Crippen LogP contribution in [0.5, 0.6) is 0 Å². The molecule has 0 saturated carbocycles. The third kappa shape index (κ3) is 4.07. The number of nitrogens with zero attached hydrogens (tertiary/aromatic N) is 2. The fourth-order valence-corrected chi connectivity index (χ4v) is 2.56. The molecule has 5 nitrogen and oxygen atoms in total. The summed E-state index contributed by atoms with van der Waals surface area (Å²) in [6, 6.07) is 7.01. The highest BCUT2D eigenvalue weighted by Gasteiger charge is 2.21. The van der Waals surface area contributed by atoms with Crippen molar-refractivity contribution in [3.05, 3.63) is 35.4 Å². The van der Waals surface area contributed by atoms with E-state index in [1.165, 1.54) is 0 Å². The molecule has 0 atom stereocenters. The third-order valence-corrected chi connectivity index (χ3v) is 3.92. The van der Waals surface area contributed by atoms with Gasteiger partial charge in [0.05, 0.1) is 0 Å². The Hall–Kier alpha value is -1.88. The van der Waals surface area contributed by atoms with Crippen LogP contribution >= 0.6 is 0 Å². The van der Waals surface area contributed by atoms with Gasteiger partial charge < -0.3 is 15.1 Å². The van der Waals surface area contributed by atoms with E-state index in [4.69, 9.17) is 0 Å². The van der Waals surface area contributed by atoms with E-state index in [0.29, 0.717) is 11.1 Å². The van der Waals surface area contributed by atoms with Gasteiger partial charge in [0.1, 0.15) is 0 Å². The van der Waals surface area contributed by atoms with Crippen molar-refractivity contribution in [1.82, 2.24) is 15.1 Å². The maximum absolute atomic E-state index is 12.5. The van der Waals surface area contributed by atoms with E-state index < -0.39 is 0 Å². The van der Waals surface area contributed by atoms with Crippen LogP contribution in [0.1, 0.15) is 41.5 Å². The molecular formula is C17H25N3O2. The van der Waals surface area contributed by atoms with E-state index >= 15 is 0 Å². The minimum absolute atomic E-state index is 0.0478. The summed E-state index contributed by atoms with van der Waals surface area (Å²) < 4.78 is 0. The SMILES string of the molecule is CCN1CCN(C(=O)c2ccc(C(=O)NC(C)C)cc2)CC1. The van der Waals surface area contributed by atoms with Crippen LogP contribution in [0.2, 0.25) is 0 Å². The maximum Gasteiger partial charge on any atom is 0.253 e. The van der Waals surface area contributed by atoms with Gasteiger partial charge in [0, 0.05) is 43.3 Å². The summed E-state index contributed by atoms with van der Waals surface area (Å²) in [7, 11) is 0. The van der Waals surface area contributed by atoms with Crippen molar-refractivity contribution in [1.29, 1.82) is 0 Å². The first-order valence-electron chi connectivity index (χ1n) is 7.93. The Morgan fingerprint density at radius 2 is 1.59 bits per heavy atom. The molecule has 1 heterocycles. The fourth-order valence-electron chi connectivity index (χ4n) is 2.56. The van der Waals surface area contributed by atoms with E-state index in [-0.39, 0.29) is 17.9 Å². The molecule has 120 valence electrons. The molecule has 1 fully saturated rings. The first kappa shape index (κ1) is 16.5. The van der Waals surface area contributed by atoms with Gasteiger partial charge in [0.2, 0.25) is 0 Å². The van der Waals surface area contributed by atoms with Crippen LogP contribution in [0.4, 0.5) is 0 Å². The maximum atomic E-state index is 12.5. The number of piperazine rings is 1. The first-order chi connectivity index (χ1) is 10.5. The number of hydrogen-bond donors (Lipinski definition) is 1. The largest absolute Gasteiger partial charge is 0.350 e. The number of nitrogens with one attached hydrogen (secondary N) is 1. The van der Waals surface area contributed by atoms with Crippen LogP contribution in [-0.4, -0.2) is 60.4 Å². The highest BCUT2D eigenvalue weighted by molar-refractivity contribution is 5.97. The second kappa shape index (κ2) is 7.40. The Labute approximate surface area is 132 Å². The molecule has 0 aromatic heterocycles. The zero-order chi connectivity index (χ0) is 16.1. The Morgan fingerprint density at radius 3 is 2.09 bits per heavy atom. The lowest BCUT2D eigenvalue weighted by Gasteiger charge is -2.34. The number of likely N-dealkylation sites (N-methyl/N-ethyl adjacent to an activating group) is 1. The van der Waals surface area contributed by atoms with Crippen molar-refractivity contribution >= 4 is 11.8 Å². The summed E-state index contributed by atoms with van der Waals surface area (Å²) in [6.45, 7) is 10.4. The molecule has 1 aliphatic heterocycles. The molecule has 1 aromatic rings. The van der Waals surface area contributed by atoms with Crippen LogP contribution in [0.15, 0.2) is 24.3 Å².